The Labute approximate surface area is 185 Å². The fourth-order valence-electron chi connectivity index (χ4n) is 3.64. The largest absolute Gasteiger partial charge is 0.305 e. The fourth-order valence-corrected chi connectivity index (χ4v) is 3.64. The Morgan fingerprint density at radius 3 is 1.21 bits per heavy atom. The van der Waals surface area contributed by atoms with E-state index < -0.39 is 0 Å². The molecule has 0 aliphatic heterocycles. The maximum atomic E-state index is 2.70. The quantitative estimate of drug-likeness (QED) is 0.249. The van der Waals surface area contributed by atoms with E-state index in [1.165, 1.54) is 110 Å². The molecule has 0 heterocycles. The molecule has 0 aromatic heterocycles. The zero-order chi connectivity index (χ0) is 21.9. The van der Waals surface area contributed by atoms with Gasteiger partial charge < -0.3 is 14.7 Å². The molecule has 0 aromatic rings. The molecule has 0 saturated heterocycles. The lowest BCUT2D eigenvalue weighted by Crippen LogP contribution is -2.42. The number of nitrogens with zero attached hydrogens (tertiary/aromatic N) is 4. The lowest BCUT2D eigenvalue weighted by molar-refractivity contribution is 0.176. The van der Waals surface area contributed by atoms with E-state index >= 15 is 0 Å². The van der Waals surface area contributed by atoms with Crippen LogP contribution in [0.5, 0.6) is 0 Å². The predicted octanol–water partition coefficient (Wildman–Crippen LogP) is 4.90. The Morgan fingerprint density at radius 2 is 0.862 bits per heavy atom. The topological polar surface area (TPSA) is 13.0 Å². The van der Waals surface area contributed by atoms with Crippen molar-refractivity contribution < 1.29 is 0 Å². The van der Waals surface area contributed by atoms with Crippen molar-refractivity contribution in [1.29, 1.82) is 0 Å². The van der Waals surface area contributed by atoms with Crippen molar-refractivity contribution in [2.24, 2.45) is 5.92 Å². The molecule has 0 fully saturated rings. The normalized spacial score (nSPS) is 12.4. The van der Waals surface area contributed by atoms with Gasteiger partial charge in [0, 0.05) is 39.3 Å². The average molecular weight is 413 g/mol. The summed E-state index contributed by atoms with van der Waals surface area (Å²) in [5.41, 5.74) is 0. The summed E-state index contributed by atoms with van der Waals surface area (Å²) in [5, 5.41) is 0. The van der Waals surface area contributed by atoms with E-state index in [1.54, 1.807) is 0 Å². The molecule has 0 atom stereocenters. The van der Waals surface area contributed by atoms with Crippen molar-refractivity contribution in [3.63, 3.8) is 0 Å². The molecule has 0 amide bonds. The van der Waals surface area contributed by atoms with E-state index in [4.69, 9.17) is 0 Å². The highest BCUT2D eigenvalue weighted by atomic mass is 15.2. The van der Waals surface area contributed by atoms with Crippen molar-refractivity contribution in [3.05, 3.63) is 0 Å². The maximum Gasteiger partial charge on any atom is 0.0110 e. The Hall–Kier alpha value is -0.160. The Kier molecular flexibility index (Phi) is 19.7. The van der Waals surface area contributed by atoms with Crippen molar-refractivity contribution in [1.82, 2.24) is 19.6 Å². The van der Waals surface area contributed by atoms with Gasteiger partial charge >= 0.3 is 0 Å². The fraction of sp³-hybridized carbons (Fsp3) is 1.00. The zero-order valence-corrected chi connectivity index (χ0v) is 21.4. The molecular weight excluding hydrogens is 356 g/mol. The molecule has 176 valence electrons. The predicted molar refractivity (Wildman–Crippen MR) is 132 cm³/mol. The van der Waals surface area contributed by atoms with Gasteiger partial charge in [0.05, 0.1) is 0 Å². The van der Waals surface area contributed by atoms with Gasteiger partial charge in [0.25, 0.3) is 0 Å². The third kappa shape index (κ3) is 19.5. The van der Waals surface area contributed by atoms with E-state index in [0.29, 0.717) is 0 Å². The first-order chi connectivity index (χ1) is 13.9. The highest BCUT2D eigenvalue weighted by Crippen LogP contribution is 2.04. The molecule has 0 saturated carbocycles. The van der Waals surface area contributed by atoms with E-state index in [0.717, 1.165) is 5.92 Å². The van der Waals surface area contributed by atoms with Crippen LogP contribution < -0.4 is 0 Å². The molecule has 4 nitrogen and oxygen atoms in total. The summed E-state index contributed by atoms with van der Waals surface area (Å²) in [6.07, 6.45) is 10.7. The number of unbranched alkanes of at least 4 members (excludes halogenated alkanes) is 4. The second-order valence-electron chi connectivity index (χ2n) is 9.70. The van der Waals surface area contributed by atoms with Crippen molar-refractivity contribution in [2.45, 2.75) is 79.1 Å². The van der Waals surface area contributed by atoms with Crippen molar-refractivity contribution >= 4 is 0 Å². The summed E-state index contributed by atoms with van der Waals surface area (Å²) in [5.74, 6) is 0.825. The Morgan fingerprint density at radius 1 is 0.483 bits per heavy atom. The van der Waals surface area contributed by atoms with Gasteiger partial charge in [-0.25, -0.2) is 0 Å². The van der Waals surface area contributed by atoms with Crippen LogP contribution in [0, 0.1) is 5.92 Å². The minimum Gasteiger partial charge on any atom is -0.305 e. The first-order valence-electron chi connectivity index (χ1n) is 12.7. The van der Waals surface area contributed by atoms with Crippen LogP contribution in [0.4, 0.5) is 0 Å². The molecule has 4 heteroatoms. The molecular formula is C25H56N4. The summed E-state index contributed by atoms with van der Waals surface area (Å²) in [6.45, 7) is 20.1. The molecule has 0 N–H and O–H groups in total. The second-order valence-corrected chi connectivity index (χ2v) is 9.70. The molecule has 0 aliphatic carbocycles. The van der Waals surface area contributed by atoms with E-state index in [-0.39, 0.29) is 0 Å². The molecule has 0 aliphatic rings. The summed E-state index contributed by atoms with van der Waals surface area (Å²) < 4.78 is 0. The van der Waals surface area contributed by atoms with Crippen LogP contribution in [-0.4, -0.2) is 99.6 Å². The van der Waals surface area contributed by atoms with Gasteiger partial charge in [-0.1, -0.05) is 53.4 Å². The minimum absolute atomic E-state index is 0.825. The zero-order valence-electron chi connectivity index (χ0n) is 21.4. The van der Waals surface area contributed by atoms with Crippen LogP contribution in [0.15, 0.2) is 0 Å². The smallest absolute Gasteiger partial charge is 0.0110 e. The molecule has 0 aromatic carbocycles. The number of hydrogen-bond acceptors (Lipinski definition) is 4. The molecule has 29 heavy (non-hydrogen) atoms. The van der Waals surface area contributed by atoms with Gasteiger partial charge in [0.15, 0.2) is 0 Å². The monoisotopic (exact) mass is 412 g/mol. The summed E-state index contributed by atoms with van der Waals surface area (Å²) in [7, 11) is 6.89. The summed E-state index contributed by atoms with van der Waals surface area (Å²) >= 11 is 0. The van der Waals surface area contributed by atoms with Crippen LogP contribution in [0.1, 0.15) is 79.1 Å². The Balaban J connectivity index is 4.31. The van der Waals surface area contributed by atoms with E-state index in [2.05, 4.69) is 68.4 Å². The maximum absolute atomic E-state index is 2.70. The first kappa shape index (κ1) is 28.8. The average Bonchev–Trinajstić information content (AvgIpc) is 2.67. The minimum atomic E-state index is 0.825. The molecule has 0 rings (SSSR count). The first-order valence-corrected chi connectivity index (χ1v) is 12.7. The van der Waals surface area contributed by atoms with E-state index in [1.807, 2.05) is 0 Å². The molecule has 0 radical (unpaired) electrons. The van der Waals surface area contributed by atoms with Gasteiger partial charge in [-0.2, -0.15) is 0 Å². The van der Waals surface area contributed by atoms with Gasteiger partial charge in [-0.15, -0.1) is 0 Å². The summed E-state index contributed by atoms with van der Waals surface area (Å²) in [4.78, 5) is 10.3. The number of rotatable bonds is 21. The Bertz CT molecular complexity index is 315. The van der Waals surface area contributed by atoms with Crippen LogP contribution in [-0.2, 0) is 0 Å². The third-order valence-electron chi connectivity index (χ3n) is 6.00. The van der Waals surface area contributed by atoms with Gasteiger partial charge in [0.2, 0.25) is 0 Å². The number of hydrogen-bond donors (Lipinski definition) is 0. The molecule has 0 bridgehead atoms. The van der Waals surface area contributed by atoms with Gasteiger partial charge in [-0.3, -0.25) is 4.90 Å². The van der Waals surface area contributed by atoms with Crippen LogP contribution in [0.3, 0.4) is 0 Å². The van der Waals surface area contributed by atoms with E-state index in [9.17, 15) is 0 Å². The van der Waals surface area contributed by atoms with Gasteiger partial charge in [0.1, 0.15) is 0 Å². The highest BCUT2D eigenvalue weighted by Gasteiger charge is 2.10. The standard InChI is InChI=1S/C25H56N4/c1-8-10-12-16-26(5)19-22-29(23-20-27(6)17-13-11-9-2)24-21-28(7)18-14-15-25(3)4/h25H,8-24H2,1-7H3. The van der Waals surface area contributed by atoms with Crippen molar-refractivity contribution in [2.75, 3.05) is 80.0 Å². The molecule has 0 unspecified atom stereocenters. The molecule has 0 spiro atoms. The lowest BCUT2D eigenvalue weighted by Gasteiger charge is -2.29. The SMILES string of the molecule is CCCCCN(C)CCN(CCN(C)CCCCC)CCN(C)CCCC(C)C. The highest BCUT2D eigenvalue weighted by molar-refractivity contribution is 4.66. The van der Waals surface area contributed by atoms with Crippen molar-refractivity contribution in [3.8, 4) is 0 Å². The number of likely N-dealkylation sites (N-methyl/N-ethyl adjacent to an activating group) is 3. The van der Waals surface area contributed by atoms with Gasteiger partial charge in [-0.05, 0) is 72.4 Å². The van der Waals surface area contributed by atoms with Crippen LogP contribution in [0.25, 0.3) is 0 Å². The lowest BCUT2D eigenvalue weighted by atomic mass is 10.1. The van der Waals surface area contributed by atoms with Crippen LogP contribution in [0.2, 0.25) is 0 Å². The summed E-state index contributed by atoms with van der Waals surface area (Å²) in [6, 6.07) is 0. The van der Waals surface area contributed by atoms with Crippen LogP contribution >= 0.6 is 0 Å². The second kappa shape index (κ2) is 19.8. The third-order valence-corrected chi connectivity index (χ3v) is 6.00.